The summed E-state index contributed by atoms with van der Waals surface area (Å²) < 4.78 is 6.91. The largest absolute Gasteiger partial charge is 0.497 e. The Kier molecular flexibility index (Phi) is 2.56. The third-order valence-corrected chi connectivity index (χ3v) is 2.74. The molecular weight excluding hydrogens is 202 g/mol. The maximum atomic E-state index is 5.88. The monoisotopic (exact) mass is 217 g/mol. The van der Waals surface area contributed by atoms with Gasteiger partial charge in [0.2, 0.25) is 0 Å². The number of nitrogens with zero attached hydrogens (tertiary/aromatic N) is 2. The summed E-state index contributed by atoms with van der Waals surface area (Å²) in [5, 5.41) is 4.19. The van der Waals surface area contributed by atoms with E-state index in [0.717, 1.165) is 22.6 Å². The number of aryl methyl sites for hydroxylation is 1. The molecule has 2 aromatic rings. The highest BCUT2D eigenvalue weighted by molar-refractivity contribution is 5.76. The smallest absolute Gasteiger partial charge is 0.153 e. The number of hydrogen-bond acceptors (Lipinski definition) is 3. The molecule has 0 saturated carbocycles. The summed E-state index contributed by atoms with van der Waals surface area (Å²) in [5.41, 5.74) is 8.99. The van der Waals surface area contributed by atoms with Crippen LogP contribution in [0.3, 0.4) is 0 Å². The molecule has 0 aliphatic heterocycles. The zero-order chi connectivity index (χ0) is 11.7. The average Bonchev–Trinajstić information content (AvgIpc) is 2.54. The van der Waals surface area contributed by atoms with E-state index in [-0.39, 0.29) is 0 Å². The van der Waals surface area contributed by atoms with Crippen LogP contribution in [0.15, 0.2) is 24.3 Å². The van der Waals surface area contributed by atoms with Gasteiger partial charge < -0.3 is 10.5 Å². The molecule has 0 spiro atoms. The van der Waals surface area contributed by atoms with E-state index in [1.165, 1.54) is 0 Å². The average molecular weight is 217 g/mol. The Morgan fingerprint density at radius 3 is 2.31 bits per heavy atom. The lowest BCUT2D eigenvalue weighted by Crippen LogP contribution is -1.93. The summed E-state index contributed by atoms with van der Waals surface area (Å²) in [7, 11) is 3.54. The van der Waals surface area contributed by atoms with Crippen LogP contribution in [0.4, 0.5) is 5.82 Å². The van der Waals surface area contributed by atoms with E-state index in [2.05, 4.69) is 5.10 Å². The maximum Gasteiger partial charge on any atom is 0.153 e. The van der Waals surface area contributed by atoms with E-state index in [1.807, 2.05) is 38.2 Å². The second-order valence-corrected chi connectivity index (χ2v) is 3.70. The summed E-state index contributed by atoms with van der Waals surface area (Å²) in [6.07, 6.45) is 0. The van der Waals surface area contributed by atoms with Crippen LogP contribution in [0.5, 0.6) is 5.75 Å². The summed E-state index contributed by atoms with van der Waals surface area (Å²) >= 11 is 0. The standard InChI is InChI=1S/C12H15N3O/c1-8-11(12(13)14-15(8)2)9-4-6-10(16-3)7-5-9/h4-7H,1-3H3,(H2,13,14). The van der Waals surface area contributed by atoms with Gasteiger partial charge in [0.1, 0.15) is 5.75 Å². The highest BCUT2D eigenvalue weighted by Gasteiger charge is 2.11. The van der Waals surface area contributed by atoms with Gasteiger partial charge in [-0.2, -0.15) is 5.10 Å². The van der Waals surface area contributed by atoms with Crippen molar-refractivity contribution in [2.24, 2.45) is 7.05 Å². The van der Waals surface area contributed by atoms with Gasteiger partial charge in [0.05, 0.1) is 7.11 Å². The van der Waals surface area contributed by atoms with E-state index in [4.69, 9.17) is 10.5 Å². The first-order valence-electron chi connectivity index (χ1n) is 5.07. The lowest BCUT2D eigenvalue weighted by Gasteiger charge is -2.03. The van der Waals surface area contributed by atoms with Crippen LogP contribution in [-0.4, -0.2) is 16.9 Å². The van der Waals surface area contributed by atoms with Gasteiger partial charge in [0, 0.05) is 18.3 Å². The fourth-order valence-corrected chi connectivity index (χ4v) is 1.75. The number of hydrogen-bond donors (Lipinski definition) is 1. The van der Waals surface area contributed by atoms with Gasteiger partial charge >= 0.3 is 0 Å². The molecule has 16 heavy (non-hydrogen) atoms. The molecule has 0 fully saturated rings. The molecule has 0 aliphatic rings. The quantitative estimate of drug-likeness (QED) is 0.836. The van der Waals surface area contributed by atoms with E-state index in [9.17, 15) is 0 Å². The number of rotatable bonds is 2. The van der Waals surface area contributed by atoms with Crippen LogP contribution < -0.4 is 10.5 Å². The minimum atomic E-state index is 0.560. The zero-order valence-electron chi connectivity index (χ0n) is 9.69. The van der Waals surface area contributed by atoms with Crippen molar-refractivity contribution in [2.45, 2.75) is 6.92 Å². The third-order valence-electron chi connectivity index (χ3n) is 2.74. The number of ether oxygens (including phenoxy) is 1. The lowest BCUT2D eigenvalue weighted by molar-refractivity contribution is 0.415. The summed E-state index contributed by atoms with van der Waals surface area (Å²) in [4.78, 5) is 0. The topological polar surface area (TPSA) is 53.1 Å². The van der Waals surface area contributed by atoms with Crippen molar-refractivity contribution in [1.29, 1.82) is 0 Å². The molecule has 0 amide bonds. The molecule has 4 nitrogen and oxygen atoms in total. The fourth-order valence-electron chi connectivity index (χ4n) is 1.75. The Balaban J connectivity index is 2.50. The second-order valence-electron chi connectivity index (χ2n) is 3.70. The van der Waals surface area contributed by atoms with Gasteiger partial charge in [-0.3, -0.25) is 4.68 Å². The third kappa shape index (κ3) is 1.62. The number of anilines is 1. The van der Waals surface area contributed by atoms with E-state index in [0.29, 0.717) is 5.82 Å². The summed E-state index contributed by atoms with van der Waals surface area (Å²) in [5.74, 6) is 1.40. The summed E-state index contributed by atoms with van der Waals surface area (Å²) in [6.45, 7) is 2.00. The van der Waals surface area contributed by atoms with Crippen LogP contribution >= 0.6 is 0 Å². The van der Waals surface area contributed by atoms with Crippen molar-refractivity contribution in [2.75, 3.05) is 12.8 Å². The van der Waals surface area contributed by atoms with Crippen molar-refractivity contribution in [3.05, 3.63) is 30.0 Å². The molecule has 2 N–H and O–H groups in total. The molecular formula is C12H15N3O. The Bertz CT molecular complexity index is 500. The van der Waals surface area contributed by atoms with Crippen molar-refractivity contribution in [3.8, 4) is 16.9 Å². The normalized spacial score (nSPS) is 10.4. The van der Waals surface area contributed by atoms with Crippen LogP contribution in [0.2, 0.25) is 0 Å². The fraction of sp³-hybridized carbons (Fsp3) is 0.250. The second kappa shape index (κ2) is 3.89. The Labute approximate surface area is 94.6 Å². The lowest BCUT2D eigenvalue weighted by atomic mass is 10.1. The minimum absolute atomic E-state index is 0.560. The van der Waals surface area contributed by atoms with Gasteiger partial charge in [-0.05, 0) is 24.6 Å². The van der Waals surface area contributed by atoms with Gasteiger partial charge in [0.25, 0.3) is 0 Å². The van der Waals surface area contributed by atoms with E-state index < -0.39 is 0 Å². The SMILES string of the molecule is COc1ccc(-c2c(N)nn(C)c2C)cc1. The highest BCUT2D eigenvalue weighted by Crippen LogP contribution is 2.29. The van der Waals surface area contributed by atoms with Gasteiger partial charge in [-0.1, -0.05) is 12.1 Å². The number of nitrogens with two attached hydrogens (primary N) is 1. The molecule has 1 heterocycles. The number of aromatic nitrogens is 2. The molecule has 0 saturated heterocycles. The molecule has 2 rings (SSSR count). The van der Waals surface area contributed by atoms with Gasteiger partial charge in [0.15, 0.2) is 5.82 Å². The Morgan fingerprint density at radius 1 is 1.25 bits per heavy atom. The predicted octanol–water partition coefficient (Wildman–Crippen LogP) is 1.99. The summed E-state index contributed by atoms with van der Waals surface area (Å²) in [6, 6.07) is 7.81. The predicted molar refractivity (Wildman–Crippen MR) is 64.3 cm³/mol. The van der Waals surface area contributed by atoms with Crippen molar-refractivity contribution in [3.63, 3.8) is 0 Å². The van der Waals surface area contributed by atoms with Crippen LogP contribution in [0.25, 0.3) is 11.1 Å². The maximum absolute atomic E-state index is 5.88. The Morgan fingerprint density at radius 2 is 1.88 bits per heavy atom. The highest BCUT2D eigenvalue weighted by atomic mass is 16.5. The number of nitrogen functional groups attached to an aromatic ring is 1. The first-order chi connectivity index (χ1) is 7.63. The molecule has 0 atom stereocenters. The molecule has 0 aliphatic carbocycles. The van der Waals surface area contributed by atoms with Crippen LogP contribution in [0.1, 0.15) is 5.69 Å². The van der Waals surface area contributed by atoms with E-state index >= 15 is 0 Å². The number of benzene rings is 1. The minimum Gasteiger partial charge on any atom is -0.497 e. The van der Waals surface area contributed by atoms with Gasteiger partial charge in [-0.25, -0.2) is 0 Å². The molecule has 0 bridgehead atoms. The molecule has 1 aromatic carbocycles. The molecule has 84 valence electrons. The Hall–Kier alpha value is -1.97. The zero-order valence-corrected chi connectivity index (χ0v) is 9.69. The van der Waals surface area contributed by atoms with Crippen molar-refractivity contribution < 1.29 is 4.74 Å². The molecule has 1 aromatic heterocycles. The van der Waals surface area contributed by atoms with E-state index in [1.54, 1.807) is 11.8 Å². The van der Waals surface area contributed by atoms with Crippen molar-refractivity contribution in [1.82, 2.24) is 9.78 Å². The van der Waals surface area contributed by atoms with Crippen molar-refractivity contribution >= 4 is 5.82 Å². The van der Waals surface area contributed by atoms with Crippen LogP contribution in [-0.2, 0) is 7.05 Å². The van der Waals surface area contributed by atoms with Gasteiger partial charge in [-0.15, -0.1) is 0 Å². The molecule has 0 radical (unpaired) electrons. The van der Waals surface area contributed by atoms with Crippen LogP contribution in [0, 0.1) is 6.92 Å². The number of methoxy groups -OCH3 is 1. The molecule has 4 heteroatoms. The first-order valence-corrected chi connectivity index (χ1v) is 5.07. The molecule has 0 unspecified atom stereocenters. The first kappa shape index (κ1) is 10.5.